The van der Waals surface area contributed by atoms with Crippen LogP contribution in [0.15, 0.2) is 65.0 Å². The summed E-state index contributed by atoms with van der Waals surface area (Å²) in [5.41, 5.74) is 1.23. The predicted octanol–water partition coefficient (Wildman–Crippen LogP) is 4.00. The highest BCUT2D eigenvalue weighted by atomic mass is 32.2. The second-order valence-electron chi connectivity index (χ2n) is 6.13. The lowest BCUT2D eigenvalue weighted by Crippen LogP contribution is -2.13. The molecule has 0 saturated heterocycles. The van der Waals surface area contributed by atoms with Gasteiger partial charge in [-0.05, 0) is 55.0 Å². The molecule has 1 heterocycles. The molecule has 31 heavy (non-hydrogen) atoms. The van der Waals surface area contributed by atoms with Crippen LogP contribution in [0.5, 0.6) is 11.5 Å². The van der Waals surface area contributed by atoms with Crippen molar-refractivity contribution in [1.29, 1.82) is 0 Å². The molecule has 0 unspecified atom stereocenters. The van der Waals surface area contributed by atoms with Gasteiger partial charge in [0.1, 0.15) is 0 Å². The second kappa shape index (κ2) is 10.1. The lowest BCUT2D eigenvalue weighted by atomic mass is 10.2. The van der Waals surface area contributed by atoms with Crippen molar-refractivity contribution in [2.75, 3.05) is 23.8 Å². The number of aromatic nitrogens is 1. The number of carbonyl (C=O) groups excluding carboxylic acids is 1. The first-order chi connectivity index (χ1) is 14.9. The third kappa shape index (κ3) is 6.06. The largest absolute Gasteiger partial charge is 0.493 e. The van der Waals surface area contributed by atoms with Crippen LogP contribution in [-0.4, -0.2) is 33.0 Å². The van der Waals surface area contributed by atoms with Crippen molar-refractivity contribution >= 4 is 44.2 Å². The average molecular weight is 460 g/mol. The van der Waals surface area contributed by atoms with Crippen LogP contribution >= 0.6 is 11.3 Å². The van der Waals surface area contributed by atoms with E-state index >= 15 is 0 Å². The zero-order valence-electron chi connectivity index (χ0n) is 16.9. The molecule has 8 nitrogen and oxygen atoms in total. The van der Waals surface area contributed by atoms with Crippen LogP contribution in [0, 0.1) is 0 Å². The molecule has 0 atom stereocenters. The van der Waals surface area contributed by atoms with Gasteiger partial charge in [0.15, 0.2) is 16.6 Å². The summed E-state index contributed by atoms with van der Waals surface area (Å²) in [4.78, 5) is 16.2. The van der Waals surface area contributed by atoms with E-state index in [2.05, 4.69) is 15.0 Å². The number of nitrogens with one attached hydrogen (secondary N) is 2. The molecule has 0 aliphatic heterocycles. The highest BCUT2D eigenvalue weighted by Crippen LogP contribution is 2.28. The van der Waals surface area contributed by atoms with Crippen LogP contribution in [0.3, 0.4) is 0 Å². The Labute approximate surface area is 184 Å². The summed E-state index contributed by atoms with van der Waals surface area (Å²) in [5.74, 6) is 0.850. The maximum Gasteiger partial charge on any atom is 0.263 e. The molecular formula is C21H21N3O5S2. The normalized spacial score (nSPS) is 11.3. The van der Waals surface area contributed by atoms with E-state index in [4.69, 9.17) is 9.47 Å². The summed E-state index contributed by atoms with van der Waals surface area (Å²) < 4.78 is 37.9. The SMILES string of the molecule is CCOc1ccc(C=CC(=O)Nc2ccc(S(=O)(=O)Nc3nccs3)cc2)cc1OC. The molecule has 1 aromatic heterocycles. The van der Waals surface area contributed by atoms with Crippen molar-refractivity contribution < 1.29 is 22.7 Å². The van der Waals surface area contributed by atoms with Gasteiger partial charge in [0.2, 0.25) is 5.91 Å². The van der Waals surface area contributed by atoms with E-state index in [0.717, 1.165) is 5.56 Å². The Morgan fingerprint density at radius 2 is 1.94 bits per heavy atom. The molecule has 2 aromatic carbocycles. The monoisotopic (exact) mass is 459 g/mol. The molecule has 0 radical (unpaired) electrons. The molecule has 0 aliphatic carbocycles. The van der Waals surface area contributed by atoms with E-state index < -0.39 is 10.0 Å². The van der Waals surface area contributed by atoms with Gasteiger partial charge < -0.3 is 14.8 Å². The zero-order chi connectivity index (χ0) is 22.3. The van der Waals surface area contributed by atoms with Gasteiger partial charge in [0, 0.05) is 23.3 Å². The first-order valence-corrected chi connectivity index (χ1v) is 11.6. The van der Waals surface area contributed by atoms with Gasteiger partial charge in [-0.1, -0.05) is 6.07 Å². The van der Waals surface area contributed by atoms with Gasteiger partial charge in [-0.25, -0.2) is 13.4 Å². The first kappa shape index (κ1) is 22.3. The molecule has 0 aliphatic rings. The standard InChI is InChI=1S/C21H21N3O5S2/c1-3-29-18-10-4-15(14-19(18)28-2)5-11-20(25)23-16-6-8-17(9-7-16)31(26,27)24-21-22-12-13-30-21/h4-14H,3H2,1-2H3,(H,22,24)(H,23,25). The summed E-state index contributed by atoms with van der Waals surface area (Å²) in [6.07, 6.45) is 4.53. The molecule has 1 amide bonds. The van der Waals surface area contributed by atoms with Gasteiger partial charge >= 0.3 is 0 Å². The Morgan fingerprint density at radius 3 is 2.58 bits per heavy atom. The summed E-state index contributed by atoms with van der Waals surface area (Å²) in [6, 6.07) is 11.2. The number of benzene rings is 2. The topological polar surface area (TPSA) is 107 Å². The van der Waals surface area contributed by atoms with Crippen molar-refractivity contribution in [3.63, 3.8) is 0 Å². The molecule has 10 heteroatoms. The minimum Gasteiger partial charge on any atom is -0.493 e. The van der Waals surface area contributed by atoms with E-state index in [-0.39, 0.29) is 15.9 Å². The van der Waals surface area contributed by atoms with E-state index in [1.165, 1.54) is 47.9 Å². The number of hydrogen-bond acceptors (Lipinski definition) is 7. The minimum atomic E-state index is -3.74. The van der Waals surface area contributed by atoms with Crippen molar-refractivity contribution in [3.05, 3.63) is 65.7 Å². The number of ether oxygens (including phenoxy) is 2. The molecule has 162 valence electrons. The number of hydrogen-bond donors (Lipinski definition) is 2. The Morgan fingerprint density at radius 1 is 1.16 bits per heavy atom. The molecule has 0 saturated carbocycles. The van der Waals surface area contributed by atoms with Crippen molar-refractivity contribution in [2.45, 2.75) is 11.8 Å². The van der Waals surface area contributed by atoms with Crippen molar-refractivity contribution in [2.24, 2.45) is 0 Å². The van der Waals surface area contributed by atoms with Crippen molar-refractivity contribution in [3.8, 4) is 11.5 Å². The molecule has 0 bridgehead atoms. The molecule has 2 N–H and O–H groups in total. The third-order valence-corrected chi connectivity index (χ3v) is 6.17. The molecule has 3 aromatic rings. The number of thiazole rings is 1. The Balaban J connectivity index is 1.63. The molecule has 3 rings (SSSR count). The van der Waals surface area contributed by atoms with Gasteiger partial charge in [-0.2, -0.15) is 0 Å². The van der Waals surface area contributed by atoms with Crippen molar-refractivity contribution in [1.82, 2.24) is 4.98 Å². The number of carbonyl (C=O) groups is 1. The lowest BCUT2D eigenvalue weighted by molar-refractivity contribution is -0.111. The smallest absolute Gasteiger partial charge is 0.263 e. The number of anilines is 2. The quantitative estimate of drug-likeness (QED) is 0.469. The van der Waals surface area contributed by atoms with Crippen LogP contribution < -0.4 is 19.5 Å². The maximum absolute atomic E-state index is 12.3. The Bertz CT molecular complexity index is 1160. The van der Waals surface area contributed by atoms with Gasteiger partial charge in [0.25, 0.3) is 10.0 Å². The number of amides is 1. The van der Waals surface area contributed by atoms with E-state index in [0.29, 0.717) is 23.8 Å². The van der Waals surface area contributed by atoms with Gasteiger partial charge in [-0.15, -0.1) is 11.3 Å². The van der Waals surface area contributed by atoms with Gasteiger partial charge in [0.05, 0.1) is 18.6 Å². The summed E-state index contributed by atoms with van der Waals surface area (Å²) >= 11 is 1.18. The Kier molecular flexibility index (Phi) is 7.27. The van der Waals surface area contributed by atoms with Crippen LogP contribution in [0.25, 0.3) is 6.08 Å². The number of methoxy groups -OCH3 is 1. The number of sulfonamides is 1. The van der Waals surface area contributed by atoms with Crippen LogP contribution in [0.2, 0.25) is 0 Å². The van der Waals surface area contributed by atoms with E-state index in [9.17, 15) is 13.2 Å². The minimum absolute atomic E-state index is 0.0673. The van der Waals surface area contributed by atoms with Gasteiger partial charge in [-0.3, -0.25) is 9.52 Å². The molecular weight excluding hydrogens is 438 g/mol. The number of rotatable bonds is 9. The summed E-state index contributed by atoms with van der Waals surface area (Å²) in [5, 5.41) is 4.65. The fourth-order valence-corrected chi connectivity index (χ4v) is 4.37. The van der Waals surface area contributed by atoms with Crippen LogP contribution in [-0.2, 0) is 14.8 Å². The second-order valence-corrected chi connectivity index (χ2v) is 8.71. The summed E-state index contributed by atoms with van der Waals surface area (Å²) in [7, 11) is -2.19. The zero-order valence-corrected chi connectivity index (χ0v) is 18.5. The molecule has 0 fully saturated rings. The fourth-order valence-electron chi connectivity index (χ4n) is 2.58. The Hall–Kier alpha value is -3.37. The maximum atomic E-state index is 12.3. The lowest BCUT2D eigenvalue weighted by Gasteiger charge is -2.09. The average Bonchev–Trinajstić information content (AvgIpc) is 3.26. The van der Waals surface area contributed by atoms with Crippen LogP contribution in [0.1, 0.15) is 12.5 Å². The van der Waals surface area contributed by atoms with E-state index in [1.54, 1.807) is 30.7 Å². The highest BCUT2D eigenvalue weighted by molar-refractivity contribution is 7.93. The van der Waals surface area contributed by atoms with E-state index in [1.807, 2.05) is 13.0 Å². The third-order valence-electron chi connectivity index (χ3n) is 4.00. The number of nitrogens with zero attached hydrogens (tertiary/aromatic N) is 1. The molecule has 0 spiro atoms. The highest BCUT2D eigenvalue weighted by Gasteiger charge is 2.15. The summed E-state index contributed by atoms with van der Waals surface area (Å²) in [6.45, 7) is 2.41. The predicted molar refractivity (Wildman–Crippen MR) is 121 cm³/mol. The fraction of sp³-hybridized carbons (Fsp3) is 0.143. The first-order valence-electron chi connectivity index (χ1n) is 9.23. The van der Waals surface area contributed by atoms with Crippen LogP contribution in [0.4, 0.5) is 10.8 Å².